The normalized spacial score (nSPS) is 12.2. The Morgan fingerprint density at radius 1 is 0.453 bits per heavy atom. The molecule has 12 aromatic rings. The van der Waals surface area contributed by atoms with Crippen molar-refractivity contribution in [2.24, 2.45) is 0 Å². The molecular formula is C49H28N2OS. The van der Waals surface area contributed by atoms with E-state index in [1.54, 1.807) is 0 Å². The number of nitrogens with zero attached hydrogens (tertiary/aromatic N) is 2. The van der Waals surface area contributed by atoms with Gasteiger partial charge in [-0.3, -0.25) is 0 Å². The lowest BCUT2D eigenvalue weighted by Crippen LogP contribution is -1.93. The highest BCUT2D eigenvalue weighted by molar-refractivity contribution is 7.26. The Morgan fingerprint density at radius 2 is 1.13 bits per heavy atom. The molecule has 246 valence electrons. The van der Waals surface area contributed by atoms with Crippen molar-refractivity contribution in [1.82, 2.24) is 9.55 Å². The maximum Gasteiger partial charge on any atom is 0.135 e. The van der Waals surface area contributed by atoms with Crippen LogP contribution in [0.2, 0.25) is 0 Å². The van der Waals surface area contributed by atoms with Crippen molar-refractivity contribution in [2.45, 2.75) is 0 Å². The zero-order chi connectivity index (χ0) is 34.6. The Kier molecular flexibility index (Phi) is 5.93. The summed E-state index contributed by atoms with van der Waals surface area (Å²) in [6, 6.07) is 61.1. The van der Waals surface area contributed by atoms with Crippen LogP contribution in [0.15, 0.2) is 174 Å². The number of hydrogen-bond donors (Lipinski definition) is 0. The fraction of sp³-hybridized carbons (Fsp3) is 0. The van der Waals surface area contributed by atoms with E-state index in [4.69, 9.17) is 9.40 Å². The van der Waals surface area contributed by atoms with Crippen molar-refractivity contribution in [2.75, 3.05) is 0 Å². The number of fused-ring (bicyclic) bond motifs is 13. The molecule has 0 unspecified atom stereocenters. The number of para-hydroxylation sites is 4. The molecule has 0 saturated heterocycles. The third-order valence-electron chi connectivity index (χ3n) is 11.0. The molecule has 8 aromatic carbocycles. The second-order valence-corrected chi connectivity index (χ2v) is 14.9. The molecule has 4 aromatic heterocycles. The van der Waals surface area contributed by atoms with Crippen LogP contribution in [-0.2, 0) is 0 Å². The quantitative estimate of drug-likeness (QED) is 0.173. The van der Waals surface area contributed by atoms with E-state index in [-0.39, 0.29) is 0 Å². The van der Waals surface area contributed by atoms with Crippen LogP contribution < -0.4 is 0 Å². The third-order valence-corrected chi connectivity index (χ3v) is 12.2. The molecule has 12 rings (SSSR count). The Hall–Kier alpha value is -6.75. The first-order valence-corrected chi connectivity index (χ1v) is 18.8. The molecule has 0 radical (unpaired) electrons. The van der Waals surface area contributed by atoms with Crippen LogP contribution >= 0.6 is 11.3 Å². The van der Waals surface area contributed by atoms with Crippen LogP contribution in [0.1, 0.15) is 0 Å². The zero-order valence-electron chi connectivity index (χ0n) is 28.4. The van der Waals surface area contributed by atoms with Crippen LogP contribution in [0.3, 0.4) is 0 Å². The minimum Gasteiger partial charge on any atom is -0.456 e. The predicted octanol–water partition coefficient (Wildman–Crippen LogP) is 14.1. The van der Waals surface area contributed by atoms with Gasteiger partial charge in [-0.15, -0.1) is 11.3 Å². The van der Waals surface area contributed by atoms with Crippen LogP contribution in [0.25, 0.3) is 114 Å². The van der Waals surface area contributed by atoms with Crippen LogP contribution in [0, 0.1) is 0 Å². The van der Waals surface area contributed by atoms with Gasteiger partial charge in [-0.2, -0.15) is 0 Å². The number of furan rings is 1. The molecule has 0 aliphatic carbocycles. The van der Waals surface area contributed by atoms with E-state index in [2.05, 4.69) is 162 Å². The zero-order valence-corrected chi connectivity index (χ0v) is 29.2. The van der Waals surface area contributed by atoms with Crippen molar-refractivity contribution in [1.29, 1.82) is 0 Å². The molecule has 3 nitrogen and oxygen atoms in total. The minimum atomic E-state index is 0.884. The summed E-state index contributed by atoms with van der Waals surface area (Å²) >= 11 is 1.89. The number of rotatable bonds is 3. The van der Waals surface area contributed by atoms with Gasteiger partial charge in [-0.05, 0) is 78.4 Å². The average molecular weight is 693 g/mol. The van der Waals surface area contributed by atoms with Gasteiger partial charge >= 0.3 is 0 Å². The summed E-state index contributed by atoms with van der Waals surface area (Å²) in [4.78, 5) is 5.45. The highest BCUT2D eigenvalue weighted by Crippen LogP contribution is 2.49. The third kappa shape index (κ3) is 4.12. The van der Waals surface area contributed by atoms with E-state index in [9.17, 15) is 0 Å². The second kappa shape index (κ2) is 10.9. The number of benzene rings is 8. The van der Waals surface area contributed by atoms with Crippen molar-refractivity contribution in [3.8, 4) is 28.1 Å². The summed E-state index contributed by atoms with van der Waals surface area (Å²) in [6.45, 7) is 0. The molecule has 4 heterocycles. The molecule has 53 heavy (non-hydrogen) atoms. The molecule has 0 amide bonds. The number of thiophene rings is 1. The number of pyridine rings is 1. The van der Waals surface area contributed by atoms with Gasteiger partial charge < -0.3 is 8.98 Å². The first-order chi connectivity index (χ1) is 26.3. The van der Waals surface area contributed by atoms with Crippen LogP contribution in [0.4, 0.5) is 0 Å². The Labute approximate surface area is 307 Å². The minimum absolute atomic E-state index is 0.884. The standard InChI is InChI=1S/C49H28N2OS/c1-2-12-31(13-3-1)51-41-19-9-5-14-32(41)37-26-29(22-24-42(37)51)36-28-39-46(47-35-17-7-11-21-45(35)53-49(36)47)34-16-4-8-18-40(34)50-48(39)30-23-25-44-38(27-30)33-15-6-10-20-43(33)52-44/h1-28H. The molecule has 0 bridgehead atoms. The van der Waals surface area contributed by atoms with Gasteiger partial charge in [0.25, 0.3) is 0 Å². The molecule has 4 heteroatoms. The van der Waals surface area contributed by atoms with Crippen molar-refractivity contribution >= 4 is 96.9 Å². The van der Waals surface area contributed by atoms with E-state index in [1.807, 2.05) is 23.5 Å². The van der Waals surface area contributed by atoms with Crippen LogP contribution in [0.5, 0.6) is 0 Å². The fourth-order valence-corrected chi connectivity index (χ4v) is 9.88. The Balaban J connectivity index is 1.21. The Bertz CT molecular complexity index is 3460. The maximum absolute atomic E-state index is 6.25. The largest absolute Gasteiger partial charge is 0.456 e. The summed E-state index contributed by atoms with van der Waals surface area (Å²) in [5.41, 5.74) is 10.8. The molecule has 0 atom stereocenters. The first kappa shape index (κ1) is 28.9. The summed E-state index contributed by atoms with van der Waals surface area (Å²) in [5, 5.41) is 10.8. The van der Waals surface area contributed by atoms with Gasteiger partial charge in [0.05, 0.1) is 22.2 Å². The van der Waals surface area contributed by atoms with Gasteiger partial charge in [-0.25, -0.2) is 4.98 Å². The highest BCUT2D eigenvalue weighted by Gasteiger charge is 2.22. The summed E-state index contributed by atoms with van der Waals surface area (Å²) in [6.07, 6.45) is 0. The average Bonchev–Trinajstić information content (AvgIpc) is 3.90. The van der Waals surface area contributed by atoms with Gasteiger partial charge in [0, 0.05) is 74.7 Å². The lowest BCUT2D eigenvalue weighted by molar-refractivity contribution is 0.669. The van der Waals surface area contributed by atoms with Crippen LogP contribution in [-0.4, -0.2) is 9.55 Å². The van der Waals surface area contributed by atoms with Gasteiger partial charge in [0.2, 0.25) is 0 Å². The SMILES string of the molecule is c1ccc(-n2c3ccccc3c3cc(-c4cc5c(-c6ccc7oc8ccccc8c7c6)nc6ccccc6c5c5c4sc4ccccc45)ccc32)cc1. The van der Waals surface area contributed by atoms with Crippen molar-refractivity contribution < 1.29 is 4.42 Å². The van der Waals surface area contributed by atoms with E-state index in [1.165, 1.54) is 63.9 Å². The summed E-state index contributed by atoms with van der Waals surface area (Å²) in [5.74, 6) is 0. The Morgan fingerprint density at radius 3 is 2.04 bits per heavy atom. The smallest absolute Gasteiger partial charge is 0.135 e. The molecular weight excluding hydrogens is 665 g/mol. The fourth-order valence-electron chi connectivity index (χ4n) is 8.63. The predicted molar refractivity (Wildman–Crippen MR) is 225 cm³/mol. The molecule has 0 saturated carbocycles. The van der Waals surface area contributed by atoms with Gasteiger partial charge in [0.15, 0.2) is 0 Å². The van der Waals surface area contributed by atoms with Gasteiger partial charge in [0.1, 0.15) is 11.2 Å². The van der Waals surface area contributed by atoms with E-state index < -0.39 is 0 Å². The number of aromatic nitrogens is 2. The monoisotopic (exact) mass is 692 g/mol. The molecule has 0 spiro atoms. The second-order valence-electron chi connectivity index (χ2n) is 13.9. The number of hydrogen-bond acceptors (Lipinski definition) is 3. The highest BCUT2D eigenvalue weighted by atomic mass is 32.1. The summed E-state index contributed by atoms with van der Waals surface area (Å²) in [7, 11) is 0. The molecule has 0 aliphatic heterocycles. The lowest BCUT2D eigenvalue weighted by atomic mass is 9.91. The van der Waals surface area contributed by atoms with E-state index >= 15 is 0 Å². The topological polar surface area (TPSA) is 31.0 Å². The van der Waals surface area contributed by atoms with Crippen molar-refractivity contribution in [3.05, 3.63) is 170 Å². The van der Waals surface area contributed by atoms with E-state index in [0.717, 1.165) is 49.8 Å². The first-order valence-electron chi connectivity index (χ1n) is 18.0. The van der Waals surface area contributed by atoms with Gasteiger partial charge in [-0.1, -0.05) is 97.1 Å². The summed E-state index contributed by atoms with van der Waals surface area (Å²) < 4.78 is 11.2. The lowest BCUT2D eigenvalue weighted by Gasteiger charge is -2.15. The molecule has 0 aliphatic rings. The maximum atomic E-state index is 6.25. The van der Waals surface area contributed by atoms with E-state index in [0.29, 0.717) is 0 Å². The molecule has 0 fully saturated rings. The van der Waals surface area contributed by atoms with Crippen molar-refractivity contribution in [3.63, 3.8) is 0 Å². The molecule has 0 N–H and O–H groups in total.